The summed E-state index contributed by atoms with van der Waals surface area (Å²) in [5.41, 5.74) is 6.16. The lowest BCUT2D eigenvalue weighted by atomic mass is 10.1. The summed E-state index contributed by atoms with van der Waals surface area (Å²) < 4.78 is 7.85. The maximum Gasteiger partial charge on any atom is 0.0555 e. The summed E-state index contributed by atoms with van der Waals surface area (Å²) in [4.78, 5) is 3.63. The smallest absolute Gasteiger partial charge is 0.0555 e. The van der Waals surface area contributed by atoms with E-state index in [9.17, 15) is 0 Å². The molecule has 6 aromatic carbocycles. The van der Waals surface area contributed by atoms with E-state index >= 15 is 0 Å². The quantitative estimate of drug-likeness (QED) is 0.212. The fourth-order valence-electron chi connectivity index (χ4n) is 6.83. The van der Waals surface area contributed by atoms with Crippen LogP contribution < -0.4 is 0 Å². The van der Waals surface area contributed by atoms with Crippen molar-refractivity contribution in [3.05, 3.63) is 115 Å². The van der Waals surface area contributed by atoms with Gasteiger partial charge in [-0.1, -0.05) is 66.7 Å². The normalized spacial score (nSPS) is 12.5. The number of aromatic amines is 1. The molecule has 10 rings (SSSR count). The number of nitrogens with zero attached hydrogens (tertiary/aromatic N) is 1. The van der Waals surface area contributed by atoms with Crippen molar-refractivity contribution < 1.29 is 0 Å². The molecule has 0 atom stereocenters. The number of benzene rings is 6. The van der Waals surface area contributed by atoms with Crippen molar-refractivity contribution in [1.82, 2.24) is 9.55 Å². The SMILES string of the molecule is c1ccc2c(c1)[nH]c1ccc3c4cc5c6ccccc6n(-c6cccc7sc8ccccc8c67)c5cc4sc3c12. The number of thiophene rings is 2. The first-order chi connectivity index (χ1) is 19.8. The molecule has 0 aliphatic heterocycles. The Balaban J connectivity index is 1.38. The molecule has 4 heteroatoms. The molecule has 0 radical (unpaired) electrons. The minimum atomic E-state index is 1.20. The summed E-state index contributed by atoms with van der Waals surface area (Å²) in [5, 5.41) is 10.6. The van der Waals surface area contributed by atoms with Gasteiger partial charge in [0.25, 0.3) is 0 Å². The molecule has 0 bridgehead atoms. The predicted octanol–water partition coefficient (Wildman–Crippen LogP) is 11.2. The molecule has 0 aliphatic rings. The maximum atomic E-state index is 3.63. The molecule has 0 saturated carbocycles. The van der Waals surface area contributed by atoms with E-state index in [1.165, 1.54) is 89.6 Å². The molecule has 0 fully saturated rings. The van der Waals surface area contributed by atoms with Crippen LogP contribution in [0.25, 0.3) is 89.6 Å². The van der Waals surface area contributed by atoms with Gasteiger partial charge in [0, 0.05) is 72.9 Å². The lowest BCUT2D eigenvalue weighted by molar-refractivity contribution is 1.20. The average molecular weight is 545 g/mol. The zero-order chi connectivity index (χ0) is 25.9. The molecule has 0 unspecified atom stereocenters. The Hall–Kier alpha value is -4.64. The van der Waals surface area contributed by atoms with Gasteiger partial charge >= 0.3 is 0 Å². The van der Waals surface area contributed by atoms with Gasteiger partial charge in [0.15, 0.2) is 0 Å². The predicted molar refractivity (Wildman–Crippen MR) is 176 cm³/mol. The Kier molecular flexibility index (Phi) is 3.98. The van der Waals surface area contributed by atoms with E-state index in [1.807, 2.05) is 22.7 Å². The van der Waals surface area contributed by atoms with Crippen LogP contribution >= 0.6 is 22.7 Å². The van der Waals surface area contributed by atoms with Crippen molar-refractivity contribution in [2.45, 2.75) is 0 Å². The maximum absolute atomic E-state index is 3.63. The monoisotopic (exact) mass is 544 g/mol. The second-order valence-electron chi connectivity index (χ2n) is 10.6. The largest absolute Gasteiger partial charge is 0.354 e. The fourth-order valence-corrected chi connectivity index (χ4v) is 9.24. The van der Waals surface area contributed by atoms with E-state index in [4.69, 9.17) is 0 Å². The molecular weight excluding hydrogens is 525 g/mol. The number of hydrogen-bond acceptors (Lipinski definition) is 2. The van der Waals surface area contributed by atoms with Gasteiger partial charge < -0.3 is 9.55 Å². The van der Waals surface area contributed by atoms with Gasteiger partial charge in [-0.2, -0.15) is 0 Å². The third-order valence-electron chi connectivity index (χ3n) is 8.52. The zero-order valence-electron chi connectivity index (χ0n) is 21.2. The average Bonchev–Trinajstić information content (AvgIpc) is 3.74. The molecule has 4 heterocycles. The Morgan fingerprint density at radius 1 is 0.450 bits per heavy atom. The highest BCUT2D eigenvalue weighted by Crippen LogP contribution is 2.45. The van der Waals surface area contributed by atoms with Gasteiger partial charge in [-0.25, -0.2) is 0 Å². The van der Waals surface area contributed by atoms with E-state index in [0.717, 1.165) is 0 Å². The summed E-state index contributed by atoms with van der Waals surface area (Å²) in [6.07, 6.45) is 0. The minimum Gasteiger partial charge on any atom is -0.354 e. The van der Waals surface area contributed by atoms with Gasteiger partial charge in [-0.05, 0) is 48.5 Å². The van der Waals surface area contributed by atoms with Crippen LogP contribution in [0.5, 0.6) is 0 Å². The van der Waals surface area contributed by atoms with Gasteiger partial charge in [0.05, 0.1) is 16.7 Å². The summed E-state index contributed by atoms with van der Waals surface area (Å²) >= 11 is 3.79. The lowest BCUT2D eigenvalue weighted by Crippen LogP contribution is -1.94. The second kappa shape index (κ2) is 7.51. The number of rotatable bonds is 1. The molecule has 0 amide bonds. The van der Waals surface area contributed by atoms with Crippen LogP contribution in [-0.2, 0) is 0 Å². The third-order valence-corrected chi connectivity index (χ3v) is 10.8. The van der Waals surface area contributed by atoms with E-state index in [0.29, 0.717) is 0 Å². The van der Waals surface area contributed by atoms with Crippen LogP contribution in [0.4, 0.5) is 0 Å². The van der Waals surface area contributed by atoms with Crippen LogP contribution in [0.1, 0.15) is 0 Å². The molecule has 0 aliphatic carbocycles. The first-order valence-corrected chi connectivity index (χ1v) is 15.2. The molecular formula is C36H20N2S2. The number of hydrogen-bond donors (Lipinski definition) is 1. The minimum absolute atomic E-state index is 1.20. The van der Waals surface area contributed by atoms with Crippen LogP contribution in [0.3, 0.4) is 0 Å². The first kappa shape index (κ1) is 21.2. The van der Waals surface area contributed by atoms with Crippen LogP contribution in [0.15, 0.2) is 115 Å². The molecule has 10 aromatic rings. The highest BCUT2D eigenvalue weighted by molar-refractivity contribution is 7.27. The topological polar surface area (TPSA) is 20.7 Å². The molecule has 2 nitrogen and oxygen atoms in total. The number of H-pyrrole nitrogens is 1. The Labute approximate surface area is 236 Å². The van der Waals surface area contributed by atoms with Crippen molar-refractivity contribution in [1.29, 1.82) is 0 Å². The number of fused-ring (bicyclic) bond motifs is 13. The van der Waals surface area contributed by atoms with Gasteiger partial charge in [0.1, 0.15) is 0 Å². The van der Waals surface area contributed by atoms with Crippen molar-refractivity contribution in [2.24, 2.45) is 0 Å². The highest BCUT2D eigenvalue weighted by atomic mass is 32.1. The standard InChI is InChI=1S/C36H20N2S2/c1-4-11-26-22(9-1)34-27(37-26)17-16-21-25-18-24-20-8-2-5-12-28(20)38(30(24)19-33(25)40-36(21)34)29-13-7-15-32-35(29)23-10-3-6-14-31(23)39-32/h1-19,37H. The summed E-state index contributed by atoms with van der Waals surface area (Å²) in [5.74, 6) is 0. The van der Waals surface area contributed by atoms with Gasteiger partial charge in [-0.15, -0.1) is 22.7 Å². The van der Waals surface area contributed by atoms with E-state index in [1.54, 1.807) is 0 Å². The Morgan fingerprint density at radius 3 is 2.20 bits per heavy atom. The third kappa shape index (κ3) is 2.63. The van der Waals surface area contributed by atoms with E-state index in [-0.39, 0.29) is 0 Å². The molecule has 4 aromatic heterocycles. The zero-order valence-corrected chi connectivity index (χ0v) is 22.9. The molecule has 186 valence electrons. The van der Waals surface area contributed by atoms with Crippen molar-refractivity contribution in [2.75, 3.05) is 0 Å². The molecule has 1 N–H and O–H groups in total. The van der Waals surface area contributed by atoms with Gasteiger partial charge in [-0.3, -0.25) is 0 Å². The van der Waals surface area contributed by atoms with E-state index in [2.05, 4.69) is 125 Å². The number of aromatic nitrogens is 2. The second-order valence-corrected chi connectivity index (χ2v) is 12.7. The van der Waals surface area contributed by atoms with Crippen molar-refractivity contribution >= 4 is 107 Å². The van der Waals surface area contributed by atoms with Crippen molar-refractivity contribution in [3.8, 4) is 5.69 Å². The number of nitrogens with one attached hydrogen (secondary N) is 1. The Morgan fingerprint density at radius 2 is 1.25 bits per heavy atom. The van der Waals surface area contributed by atoms with E-state index < -0.39 is 0 Å². The Bertz CT molecular complexity index is 2660. The molecule has 40 heavy (non-hydrogen) atoms. The first-order valence-electron chi connectivity index (χ1n) is 13.5. The lowest BCUT2D eigenvalue weighted by Gasteiger charge is -2.10. The fraction of sp³-hybridized carbons (Fsp3) is 0. The summed E-state index contributed by atoms with van der Waals surface area (Å²) in [6.45, 7) is 0. The van der Waals surface area contributed by atoms with Crippen LogP contribution in [-0.4, -0.2) is 9.55 Å². The van der Waals surface area contributed by atoms with Crippen LogP contribution in [0, 0.1) is 0 Å². The van der Waals surface area contributed by atoms with Crippen LogP contribution in [0.2, 0.25) is 0 Å². The highest BCUT2D eigenvalue weighted by Gasteiger charge is 2.19. The van der Waals surface area contributed by atoms with Gasteiger partial charge in [0.2, 0.25) is 0 Å². The van der Waals surface area contributed by atoms with Crippen molar-refractivity contribution in [3.63, 3.8) is 0 Å². The summed E-state index contributed by atoms with van der Waals surface area (Å²) in [6, 6.07) is 42.5. The molecule has 0 spiro atoms. The summed E-state index contributed by atoms with van der Waals surface area (Å²) in [7, 11) is 0. The molecule has 0 saturated heterocycles. The number of para-hydroxylation sites is 2.